The molecule has 0 radical (unpaired) electrons. The van der Waals surface area contributed by atoms with Crippen molar-refractivity contribution in [1.29, 1.82) is 0 Å². The minimum absolute atomic E-state index is 0. The molecule has 1 aliphatic rings. The van der Waals surface area contributed by atoms with Crippen LogP contribution in [0.1, 0.15) is 15.9 Å². The molecule has 9 heteroatoms. The summed E-state index contributed by atoms with van der Waals surface area (Å²) in [7, 11) is 0. The summed E-state index contributed by atoms with van der Waals surface area (Å²) in [5.41, 5.74) is 2.15. The highest BCUT2D eigenvalue weighted by Gasteiger charge is 2.21. The van der Waals surface area contributed by atoms with Crippen LogP contribution in [0, 0.1) is 0 Å². The summed E-state index contributed by atoms with van der Waals surface area (Å²) in [5, 5.41) is 8.76. The van der Waals surface area contributed by atoms with Gasteiger partial charge in [-0.1, -0.05) is 12.1 Å². The molecule has 2 amide bonds. The zero-order valence-corrected chi connectivity index (χ0v) is 16.1. The second-order valence-electron chi connectivity index (χ2n) is 5.67. The molecule has 1 aromatic carbocycles. The Labute approximate surface area is 170 Å². The molecule has 1 fully saturated rings. The van der Waals surface area contributed by atoms with Crippen molar-refractivity contribution in [2.75, 3.05) is 25.0 Å². The van der Waals surface area contributed by atoms with E-state index in [1.807, 2.05) is 12.1 Å². The van der Waals surface area contributed by atoms with Crippen molar-refractivity contribution >= 4 is 42.3 Å². The van der Waals surface area contributed by atoms with E-state index in [9.17, 15) is 9.59 Å². The number of benzene rings is 1. The fourth-order valence-corrected chi connectivity index (χ4v) is 2.45. The van der Waals surface area contributed by atoms with Gasteiger partial charge in [0.1, 0.15) is 6.10 Å². The first-order valence-electron chi connectivity index (χ1n) is 8.13. The third-order valence-electron chi connectivity index (χ3n) is 3.84. The van der Waals surface area contributed by atoms with E-state index in [1.165, 1.54) is 0 Å². The number of nitrogens with zero attached hydrogens (tertiary/aromatic N) is 1. The van der Waals surface area contributed by atoms with Gasteiger partial charge in [0.15, 0.2) is 0 Å². The van der Waals surface area contributed by atoms with E-state index < -0.39 is 6.10 Å². The minimum Gasteiger partial charge on any atom is -0.366 e. The number of hydrogen-bond acceptors (Lipinski definition) is 5. The van der Waals surface area contributed by atoms with Gasteiger partial charge in [0.05, 0.1) is 6.61 Å². The van der Waals surface area contributed by atoms with Gasteiger partial charge in [-0.25, -0.2) is 0 Å². The van der Waals surface area contributed by atoms with Crippen LogP contribution >= 0.6 is 24.8 Å². The Bertz CT molecular complexity index is 723. The van der Waals surface area contributed by atoms with Crippen molar-refractivity contribution in [3.05, 3.63) is 59.9 Å². The number of anilines is 1. The third kappa shape index (κ3) is 6.80. The van der Waals surface area contributed by atoms with E-state index in [4.69, 9.17) is 4.74 Å². The Morgan fingerprint density at radius 2 is 1.81 bits per heavy atom. The smallest absolute Gasteiger partial charge is 0.255 e. The maximum Gasteiger partial charge on any atom is 0.255 e. The van der Waals surface area contributed by atoms with Crippen LogP contribution in [0.4, 0.5) is 5.69 Å². The number of nitrogens with one attached hydrogen (secondary N) is 3. The van der Waals surface area contributed by atoms with Gasteiger partial charge in [0.2, 0.25) is 0 Å². The van der Waals surface area contributed by atoms with Gasteiger partial charge >= 0.3 is 0 Å². The maximum atomic E-state index is 12.2. The minimum atomic E-state index is -0.445. The predicted molar refractivity (Wildman–Crippen MR) is 108 cm³/mol. The number of ether oxygens (including phenoxy) is 1. The molecule has 1 atom stereocenters. The van der Waals surface area contributed by atoms with Crippen molar-refractivity contribution in [3.63, 3.8) is 0 Å². The molecule has 3 N–H and O–H groups in total. The number of carbonyl (C=O) groups excluding carboxylic acids is 2. The average molecular weight is 413 g/mol. The van der Waals surface area contributed by atoms with Crippen molar-refractivity contribution < 1.29 is 14.3 Å². The Morgan fingerprint density at radius 3 is 2.44 bits per heavy atom. The van der Waals surface area contributed by atoms with Crippen molar-refractivity contribution in [3.8, 4) is 0 Å². The van der Waals surface area contributed by atoms with Gasteiger partial charge in [0.25, 0.3) is 11.8 Å². The summed E-state index contributed by atoms with van der Waals surface area (Å²) in [5.74, 6) is -0.324. The summed E-state index contributed by atoms with van der Waals surface area (Å²) in [4.78, 5) is 28.1. The first-order chi connectivity index (χ1) is 12.2. The highest BCUT2D eigenvalue weighted by Crippen LogP contribution is 2.09. The van der Waals surface area contributed by atoms with Crippen LogP contribution in [0.3, 0.4) is 0 Å². The van der Waals surface area contributed by atoms with E-state index in [-0.39, 0.29) is 36.6 Å². The van der Waals surface area contributed by atoms with Crippen LogP contribution in [0.25, 0.3) is 0 Å². The molecule has 0 spiro atoms. The SMILES string of the molecule is Cl.Cl.O=C(Nc1ccncc1)c1ccc(CNC(=O)C2CNCCO2)cc1. The van der Waals surface area contributed by atoms with E-state index >= 15 is 0 Å². The summed E-state index contributed by atoms with van der Waals surface area (Å²) < 4.78 is 5.40. The number of hydrogen-bond donors (Lipinski definition) is 3. The average Bonchev–Trinajstić information content (AvgIpc) is 2.68. The van der Waals surface area contributed by atoms with Gasteiger partial charge in [-0.05, 0) is 29.8 Å². The van der Waals surface area contributed by atoms with E-state index in [0.717, 1.165) is 12.1 Å². The fraction of sp³-hybridized carbons (Fsp3) is 0.278. The number of morpholine rings is 1. The van der Waals surface area contributed by atoms with E-state index in [0.29, 0.717) is 30.9 Å². The second kappa shape index (κ2) is 11.5. The number of amides is 2. The number of aromatic nitrogens is 1. The monoisotopic (exact) mass is 412 g/mol. The molecular weight excluding hydrogens is 391 g/mol. The van der Waals surface area contributed by atoms with Crippen LogP contribution in [-0.4, -0.2) is 42.6 Å². The first-order valence-corrected chi connectivity index (χ1v) is 8.13. The maximum absolute atomic E-state index is 12.2. The fourth-order valence-electron chi connectivity index (χ4n) is 2.45. The molecule has 1 unspecified atom stereocenters. The van der Waals surface area contributed by atoms with Gasteiger partial charge in [-0.2, -0.15) is 0 Å². The molecule has 0 bridgehead atoms. The summed E-state index contributed by atoms with van der Waals surface area (Å²) >= 11 is 0. The zero-order valence-electron chi connectivity index (χ0n) is 14.5. The predicted octanol–water partition coefficient (Wildman–Crippen LogP) is 1.78. The third-order valence-corrected chi connectivity index (χ3v) is 3.84. The Kier molecular flexibility index (Phi) is 9.74. The molecule has 3 rings (SSSR count). The zero-order chi connectivity index (χ0) is 17.5. The van der Waals surface area contributed by atoms with Crippen molar-refractivity contribution in [1.82, 2.24) is 15.6 Å². The molecule has 2 aromatic rings. The number of halogens is 2. The van der Waals surface area contributed by atoms with Crippen LogP contribution < -0.4 is 16.0 Å². The summed E-state index contributed by atoms with van der Waals surface area (Å²) in [6, 6.07) is 10.6. The van der Waals surface area contributed by atoms with Gasteiger partial charge in [0, 0.05) is 43.3 Å². The first kappa shape index (κ1) is 22.9. The Morgan fingerprint density at radius 1 is 1.11 bits per heavy atom. The lowest BCUT2D eigenvalue weighted by Crippen LogP contribution is -2.47. The molecule has 1 aliphatic heterocycles. The number of pyridine rings is 1. The highest BCUT2D eigenvalue weighted by atomic mass is 35.5. The Hall–Kier alpha value is -2.19. The lowest BCUT2D eigenvalue weighted by atomic mass is 10.1. The van der Waals surface area contributed by atoms with Crippen LogP contribution in [-0.2, 0) is 16.1 Å². The highest BCUT2D eigenvalue weighted by molar-refractivity contribution is 6.04. The standard InChI is InChI=1S/C18H20N4O3.2ClH/c23-17(22-15-5-7-19-8-6-15)14-3-1-13(2-4-14)11-21-18(24)16-12-20-9-10-25-16;;/h1-8,16,20H,9-12H2,(H,21,24)(H,19,22,23);2*1H. The molecule has 1 aromatic heterocycles. The van der Waals surface area contributed by atoms with E-state index in [2.05, 4.69) is 20.9 Å². The Balaban J connectivity index is 0.00000182. The second-order valence-corrected chi connectivity index (χ2v) is 5.67. The number of rotatable bonds is 5. The molecule has 27 heavy (non-hydrogen) atoms. The largest absolute Gasteiger partial charge is 0.366 e. The molecule has 0 aliphatic carbocycles. The van der Waals surface area contributed by atoms with Crippen molar-refractivity contribution in [2.24, 2.45) is 0 Å². The summed E-state index contributed by atoms with van der Waals surface area (Å²) in [6.07, 6.45) is 2.79. The summed E-state index contributed by atoms with van der Waals surface area (Å²) in [6.45, 7) is 2.23. The van der Waals surface area contributed by atoms with Crippen LogP contribution in [0.15, 0.2) is 48.8 Å². The lowest BCUT2D eigenvalue weighted by Gasteiger charge is -2.22. The van der Waals surface area contributed by atoms with E-state index in [1.54, 1.807) is 36.7 Å². The van der Waals surface area contributed by atoms with Gasteiger partial charge < -0.3 is 20.7 Å². The molecule has 2 heterocycles. The lowest BCUT2D eigenvalue weighted by molar-refractivity contribution is -0.134. The molecular formula is C18H22Cl2N4O3. The van der Waals surface area contributed by atoms with Crippen LogP contribution in [0.5, 0.6) is 0 Å². The topological polar surface area (TPSA) is 92.4 Å². The quantitative estimate of drug-likeness (QED) is 0.695. The molecule has 146 valence electrons. The number of carbonyl (C=O) groups is 2. The van der Waals surface area contributed by atoms with Crippen molar-refractivity contribution in [2.45, 2.75) is 12.6 Å². The molecule has 7 nitrogen and oxygen atoms in total. The molecule has 0 saturated carbocycles. The van der Waals surface area contributed by atoms with Crippen LogP contribution in [0.2, 0.25) is 0 Å². The normalized spacial score (nSPS) is 15.6. The molecule has 1 saturated heterocycles. The van der Waals surface area contributed by atoms with Gasteiger partial charge in [-0.3, -0.25) is 14.6 Å². The van der Waals surface area contributed by atoms with Gasteiger partial charge in [-0.15, -0.1) is 24.8 Å².